The summed E-state index contributed by atoms with van der Waals surface area (Å²) in [6.45, 7) is 4.90. The average Bonchev–Trinajstić information content (AvgIpc) is 3.46. The van der Waals surface area contributed by atoms with Crippen LogP contribution in [-0.2, 0) is 4.74 Å². The van der Waals surface area contributed by atoms with Gasteiger partial charge in [0.15, 0.2) is 0 Å². The summed E-state index contributed by atoms with van der Waals surface area (Å²) in [5.41, 5.74) is 0.948. The van der Waals surface area contributed by atoms with E-state index in [1.54, 1.807) is 4.90 Å². The quantitative estimate of drug-likeness (QED) is 0.921. The molecule has 0 radical (unpaired) electrons. The van der Waals surface area contributed by atoms with Crippen molar-refractivity contribution in [3.8, 4) is 0 Å². The van der Waals surface area contributed by atoms with Crippen LogP contribution in [0.5, 0.6) is 0 Å². The van der Waals surface area contributed by atoms with Gasteiger partial charge in [-0.3, -0.25) is 0 Å². The van der Waals surface area contributed by atoms with Crippen LogP contribution in [0.25, 0.3) is 10.9 Å². The lowest BCUT2D eigenvalue weighted by atomic mass is 10.2. The molecule has 4 rings (SSSR count). The summed E-state index contributed by atoms with van der Waals surface area (Å²) in [6, 6.07) is 8.63. The van der Waals surface area contributed by atoms with E-state index in [4.69, 9.17) is 14.7 Å². The third-order valence-electron chi connectivity index (χ3n) is 4.60. The summed E-state index contributed by atoms with van der Waals surface area (Å²) >= 11 is 0. The Morgan fingerprint density at radius 3 is 2.68 bits per heavy atom. The van der Waals surface area contributed by atoms with Crippen molar-refractivity contribution in [2.75, 3.05) is 43.0 Å². The number of benzene rings is 1. The zero-order valence-electron chi connectivity index (χ0n) is 14.4. The summed E-state index contributed by atoms with van der Waals surface area (Å²) in [5, 5.41) is 4.58. The highest BCUT2D eigenvalue weighted by molar-refractivity contribution is 5.90. The fourth-order valence-corrected chi connectivity index (χ4v) is 3.04. The van der Waals surface area contributed by atoms with Gasteiger partial charge >= 0.3 is 6.09 Å². The van der Waals surface area contributed by atoms with Crippen LogP contribution in [0.2, 0.25) is 0 Å². The Morgan fingerprint density at radius 2 is 1.96 bits per heavy atom. The van der Waals surface area contributed by atoms with Gasteiger partial charge in [0.1, 0.15) is 5.82 Å². The number of piperazine rings is 1. The van der Waals surface area contributed by atoms with Crippen LogP contribution in [0.4, 0.5) is 16.6 Å². The zero-order chi connectivity index (χ0) is 17.2. The van der Waals surface area contributed by atoms with E-state index in [-0.39, 0.29) is 6.09 Å². The van der Waals surface area contributed by atoms with E-state index >= 15 is 0 Å². The molecule has 2 heterocycles. The predicted molar refractivity (Wildman–Crippen MR) is 97.0 cm³/mol. The highest BCUT2D eigenvalue weighted by atomic mass is 16.6. The number of fused-ring (bicyclic) bond motifs is 1. The number of anilines is 2. The summed E-state index contributed by atoms with van der Waals surface area (Å²) < 4.78 is 5.08. The molecule has 0 unspecified atom stereocenters. The first-order chi connectivity index (χ1) is 12.2. The molecule has 1 aliphatic carbocycles. The Kier molecular flexibility index (Phi) is 4.29. The maximum atomic E-state index is 11.8. The fraction of sp³-hybridized carbons (Fsp3) is 0.500. The number of para-hydroxylation sites is 1. The number of carbonyl (C=O) groups excluding carboxylic acids is 1. The minimum atomic E-state index is -0.238. The van der Waals surface area contributed by atoms with Gasteiger partial charge in [-0.15, -0.1) is 0 Å². The van der Waals surface area contributed by atoms with E-state index in [0.29, 0.717) is 38.8 Å². The number of aromatic nitrogens is 2. The molecule has 7 nitrogen and oxygen atoms in total. The zero-order valence-corrected chi connectivity index (χ0v) is 14.4. The second-order valence-corrected chi connectivity index (χ2v) is 6.48. The Bertz CT molecular complexity index is 769. The molecule has 1 aromatic carbocycles. The lowest BCUT2D eigenvalue weighted by Crippen LogP contribution is -2.49. The second-order valence-electron chi connectivity index (χ2n) is 6.48. The molecule has 1 amide bonds. The molecule has 1 aliphatic heterocycles. The monoisotopic (exact) mass is 341 g/mol. The summed E-state index contributed by atoms with van der Waals surface area (Å²) in [7, 11) is 0. The topological polar surface area (TPSA) is 70.6 Å². The van der Waals surface area contributed by atoms with Gasteiger partial charge in [-0.1, -0.05) is 12.1 Å². The Balaban J connectivity index is 1.54. The van der Waals surface area contributed by atoms with Gasteiger partial charge in [0, 0.05) is 37.6 Å². The number of amides is 1. The number of ether oxygens (including phenoxy) is 1. The van der Waals surface area contributed by atoms with Crippen molar-refractivity contribution in [2.45, 2.75) is 25.8 Å². The standard InChI is InChI=1S/C18H23N5O2/c1-2-25-18(24)23-11-9-22(10-12-23)17-20-15-6-4-3-5-14(15)16(21-17)19-13-7-8-13/h3-6,13H,2,7-12H2,1H3,(H,19,20,21). The summed E-state index contributed by atoms with van der Waals surface area (Å²) in [6.07, 6.45) is 2.16. The van der Waals surface area contributed by atoms with Gasteiger partial charge in [-0.25, -0.2) is 9.78 Å². The predicted octanol–water partition coefficient (Wildman–Crippen LogP) is 2.48. The van der Waals surface area contributed by atoms with Gasteiger partial charge in [-0.05, 0) is 31.9 Å². The molecule has 132 valence electrons. The maximum absolute atomic E-state index is 11.8. The molecule has 25 heavy (non-hydrogen) atoms. The molecule has 1 aromatic heterocycles. The molecule has 0 spiro atoms. The summed E-state index contributed by atoms with van der Waals surface area (Å²) in [4.78, 5) is 25.2. The van der Waals surface area contributed by atoms with Crippen molar-refractivity contribution in [3.05, 3.63) is 24.3 Å². The van der Waals surface area contributed by atoms with Crippen molar-refractivity contribution in [1.29, 1.82) is 0 Å². The van der Waals surface area contributed by atoms with Crippen LogP contribution in [0, 0.1) is 0 Å². The molecular formula is C18H23N5O2. The largest absolute Gasteiger partial charge is 0.450 e. The van der Waals surface area contributed by atoms with Crippen molar-refractivity contribution in [1.82, 2.24) is 14.9 Å². The van der Waals surface area contributed by atoms with Gasteiger partial charge in [0.25, 0.3) is 0 Å². The van der Waals surface area contributed by atoms with Crippen LogP contribution in [0.15, 0.2) is 24.3 Å². The molecule has 0 bridgehead atoms. The first-order valence-electron chi connectivity index (χ1n) is 8.94. The lowest BCUT2D eigenvalue weighted by Gasteiger charge is -2.34. The van der Waals surface area contributed by atoms with Crippen molar-refractivity contribution >= 4 is 28.8 Å². The molecule has 2 aliphatic rings. The van der Waals surface area contributed by atoms with E-state index in [2.05, 4.69) is 16.3 Å². The molecule has 7 heteroatoms. The molecule has 1 saturated carbocycles. The van der Waals surface area contributed by atoms with Crippen molar-refractivity contribution in [2.24, 2.45) is 0 Å². The van der Waals surface area contributed by atoms with E-state index in [0.717, 1.165) is 22.7 Å². The van der Waals surface area contributed by atoms with Gasteiger partial charge in [-0.2, -0.15) is 4.98 Å². The van der Waals surface area contributed by atoms with Gasteiger partial charge < -0.3 is 19.9 Å². The molecule has 1 saturated heterocycles. The highest BCUT2D eigenvalue weighted by Gasteiger charge is 2.26. The first kappa shape index (κ1) is 15.9. The van der Waals surface area contributed by atoms with Crippen molar-refractivity contribution in [3.63, 3.8) is 0 Å². The highest BCUT2D eigenvalue weighted by Crippen LogP contribution is 2.29. The third kappa shape index (κ3) is 3.45. The van der Waals surface area contributed by atoms with E-state index in [9.17, 15) is 4.79 Å². The van der Waals surface area contributed by atoms with E-state index in [1.807, 2.05) is 25.1 Å². The molecule has 2 fully saturated rings. The molecule has 2 aromatic rings. The first-order valence-corrected chi connectivity index (χ1v) is 8.94. The Hall–Kier alpha value is -2.57. The molecule has 0 atom stereocenters. The number of rotatable bonds is 4. The van der Waals surface area contributed by atoms with Crippen LogP contribution < -0.4 is 10.2 Å². The fourth-order valence-electron chi connectivity index (χ4n) is 3.04. The summed E-state index contributed by atoms with van der Waals surface area (Å²) in [5.74, 6) is 1.64. The van der Waals surface area contributed by atoms with Gasteiger partial charge in [0.05, 0.1) is 12.1 Å². The SMILES string of the molecule is CCOC(=O)N1CCN(c2nc(NC3CC3)c3ccccc3n2)CC1. The number of carbonyl (C=O) groups is 1. The average molecular weight is 341 g/mol. The Morgan fingerprint density at radius 1 is 1.20 bits per heavy atom. The number of nitrogens with one attached hydrogen (secondary N) is 1. The minimum absolute atomic E-state index is 0.238. The van der Waals surface area contributed by atoms with Crippen LogP contribution >= 0.6 is 0 Å². The van der Waals surface area contributed by atoms with Crippen LogP contribution in [0.3, 0.4) is 0 Å². The number of nitrogens with zero attached hydrogens (tertiary/aromatic N) is 4. The second kappa shape index (κ2) is 6.74. The lowest BCUT2D eigenvalue weighted by molar-refractivity contribution is 0.105. The van der Waals surface area contributed by atoms with Crippen LogP contribution in [0.1, 0.15) is 19.8 Å². The minimum Gasteiger partial charge on any atom is -0.450 e. The van der Waals surface area contributed by atoms with Crippen LogP contribution in [-0.4, -0.2) is 59.8 Å². The number of hydrogen-bond acceptors (Lipinski definition) is 6. The Labute approximate surface area is 147 Å². The van der Waals surface area contributed by atoms with Gasteiger partial charge in [0.2, 0.25) is 5.95 Å². The number of hydrogen-bond donors (Lipinski definition) is 1. The van der Waals surface area contributed by atoms with E-state index < -0.39 is 0 Å². The molecular weight excluding hydrogens is 318 g/mol. The molecule has 1 N–H and O–H groups in total. The smallest absolute Gasteiger partial charge is 0.409 e. The van der Waals surface area contributed by atoms with Crippen molar-refractivity contribution < 1.29 is 9.53 Å². The third-order valence-corrected chi connectivity index (χ3v) is 4.60. The maximum Gasteiger partial charge on any atom is 0.409 e. The van der Waals surface area contributed by atoms with E-state index in [1.165, 1.54) is 12.8 Å². The normalized spacial score (nSPS) is 17.6.